The minimum atomic E-state index is -2.45. The smallest absolute Gasteiger partial charge is 0.329 e. The van der Waals surface area contributed by atoms with Crippen LogP contribution in [0.25, 0.3) is 0 Å². The Morgan fingerprint density at radius 2 is 1.51 bits per heavy atom. The number of ketones is 2. The second-order valence-corrected chi connectivity index (χ2v) is 24.7. The van der Waals surface area contributed by atoms with Gasteiger partial charge in [0.15, 0.2) is 5.78 Å². The van der Waals surface area contributed by atoms with Crippen LogP contribution in [0.3, 0.4) is 0 Å². The molecular weight excluding hydrogens is 1070 g/mol. The first-order valence-electron chi connectivity index (χ1n) is 31.0. The van der Waals surface area contributed by atoms with Gasteiger partial charge in [-0.3, -0.25) is 24.1 Å². The van der Waals surface area contributed by atoms with E-state index in [4.69, 9.17) is 37.9 Å². The molecule has 0 aromatic carbocycles. The number of allylic oxidation sites excluding steroid dienone is 5. The van der Waals surface area contributed by atoms with Crippen LogP contribution in [0, 0.1) is 35.5 Å². The highest BCUT2D eigenvalue weighted by molar-refractivity contribution is 6.39. The summed E-state index contributed by atoms with van der Waals surface area (Å²) in [6, 6.07) is -1.15. The van der Waals surface area contributed by atoms with Gasteiger partial charge < -0.3 is 63.0 Å². The van der Waals surface area contributed by atoms with Gasteiger partial charge >= 0.3 is 11.9 Å². The molecule has 19 heteroatoms. The first-order valence-corrected chi connectivity index (χ1v) is 31.0. The lowest BCUT2D eigenvalue weighted by molar-refractivity contribution is -0.265. The zero-order valence-corrected chi connectivity index (χ0v) is 52.1. The number of piperidine rings is 1. The van der Waals surface area contributed by atoms with E-state index in [2.05, 4.69) is 16.8 Å². The number of methoxy groups -OCH3 is 3. The fourth-order valence-electron chi connectivity index (χ4n) is 12.5. The van der Waals surface area contributed by atoms with Crippen LogP contribution in [0.1, 0.15) is 138 Å². The topological polar surface area (TPSA) is 230 Å². The number of esters is 2. The number of likely N-dealkylation sites (N-methyl/N-ethyl adjacent to an activating group) is 1. The van der Waals surface area contributed by atoms with Gasteiger partial charge in [-0.25, -0.2) is 4.79 Å². The molecule has 5 rings (SSSR count). The molecule has 4 fully saturated rings. The van der Waals surface area contributed by atoms with Crippen molar-refractivity contribution in [3.8, 4) is 0 Å². The molecule has 3 saturated heterocycles. The Hall–Kier alpha value is -3.73. The van der Waals surface area contributed by atoms with Crippen LogP contribution in [0.5, 0.6) is 0 Å². The molecule has 472 valence electrons. The minimum absolute atomic E-state index is 0.0129. The normalized spacial score (nSPS) is 36.6. The number of aliphatic hydroxyl groups is 3. The molecule has 4 heterocycles. The summed E-state index contributed by atoms with van der Waals surface area (Å²) in [6.07, 6.45) is 11.2. The van der Waals surface area contributed by atoms with Crippen molar-refractivity contribution in [3.05, 3.63) is 47.6 Å². The third-order valence-corrected chi connectivity index (χ3v) is 18.1. The van der Waals surface area contributed by atoms with Gasteiger partial charge in [0.2, 0.25) is 5.79 Å². The molecule has 1 amide bonds. The fourth-order valence-corrected chi connectivity index (χ4v) is 12.5. The number of hydrogen-bond acceptors (Lipinski definition) is 18. The van der Waals surface area contributed by atoms with Crippen molar-refractivity contribution >= 4 is 29.4 Å². The Morgan fingerprint density at radius 3 is 2.20 bits per heavy atom. The third kappa shape index (κ3) is 21.3. The predicted molar refractivity (Wildman–Crippen MR) is 315 cm³/mol. The number of carbonyl (C=O) groups is 5. The number of aliphatic hydroxyl groups excluding tert-OH is 2. The average Bonchev–Trinajstić information content (AvgIpc) is 3.54. The number of nitrogens with zero attached hydrogens (tertiary/aromatic N) is 3. The van der Waals surface area contributed by atoms with E-state index in [-0.39, 0.29) is 61.4 Å². The van der Waals surface area contributed by atoms with Crippen molar-refractivity contribution in [1.82, 2.24) is 14.7 Å². The number of piperazine rings is 1. The molecular formula is C64H105N3O16. The number of Topliss-reactive ketones (excluding diaryl/α,β-unsaturated/α-hetero) is 2. The SMILES string of the molecule is CO[C@H]1C[C@@H]2CC[C@@H](C)[C@@](O)(O2)C(=O)C(=O)N2CCCC[C@H]2C(=O)O[C@H]([C@H](C)C[C@@H]2CC[C@@H](OC(=O)CCCOCCOCCN3CCN(C)CC3)[C@H](OC)C2)C[C@@H](O)[C@H](C)/C=C(\C)[C@@H](O)[C@@H](OC)C(=O)[C@H](C)C[C@H](C)/C=C/C=C/C=C/1C. The summed E-state index contributed by atoms with van der Waals surface area (Å²) in [5.74, 6) is -7.91. The van der Waals surface area contributed by atoms with Crippen LogP contribution < -0.4 is 0 Å². The second kappa shape index (κ2) is 35.2. The third-order valence-electron chi connectivity index (χ3n) is 18.1. The van der Waals surface area contributed by atoms with Crippen LogP contribution in [0.15, 0.2) is 47.6 Å². The summed E-state index contributed by atoms with van der Waals surface area (Å²) >= 11 is 0. The molecule has 0 radical (unpaired) electrons. The van der Waals surface area contributed by atoms with Gasteiger partial charge in [0.05, 0.1) is 44.2 Å². The lowest BCUT2D eigenvalue weighted by atomic mass is 9.78. The highest BCUT2D eigenvalue weighted by Gasteiger charge is 2.53. The van der Waals surface area contributed by atoms with Crippen molar-refractivity contribution in [2.24, 2.45) is 35.5 Å². The number of rotatable bonds is 17. The van der Waals surface area contributed by atoms with Crippen molar-refractivity contribution in [2.75, 3.05) is 94.1 Å². The Labute approximate surface area is 495 Å². The summed E-state index contributed by atoms with van der Waals surface area (Å²) in [6.45, 7) is 20.1. The van der Waals surface area contributed by atoms with Gasteiger partial charge in [0.25, 0.3) is 11.7 Å². The van der Waals surface area contributed by atoms with E-state index < -0.39 is 90.0 Å². The van der Waals surface area contributed by atoms with Crippen LogP contribution >= 0.6 is 0 Å². The molecule has 1 saturated carbocycles. The van der Waals surface area contributed by atoms with Gasteiger partial charge in [-0.1, -0.05) is 71.1 Å². The summed E-state index contributed by atoms with van der Waals surface area (Å²) in [5, 5.41) is 35.7. The predicted octanol–water partition coefficient (Wildman–Crippen LogP) is 6.58. The van der Waals surface area contributed by atoms with Crippen molar-refractivity contribution in [3.63, 3.8) is 0 Å². The van der Waals surface area contributed by atoms with Crippen LogP contribution in [0.4, 0.5) is 0 Å². The summed E-state index contributed by atoms with van der Waals surface area (Å²) in [5.41, 5.74) is 1.31. The van der Waals surface area contributed by atoms with E-state index in [9.17, 15) is 39.3 Å². The maximum atomic E-state index is 14.7. The summed E-state index contributed by atoms with van der Waals surface area (Å²) in [7, 11) is 6.72. The van der Waals surface area contributed by atoms with Gasteiger partial charge in [-0.2, -0.15) is 0 Å². The van der Waals surface area contributed by atoms with Crippen molar-refractivity contribution in [2.45, 2.75) is 199 Å². The van der Waals surface area contributed by atoms with E-state index in [1.165, 1.54) is 12.0 Å². The maximum absolute atomic E-state index is 14.7. The Balaban J connectivity index is 1.30. The standard InChI is InChI=1S/C64H105N3O16/c1-42-18-13-12-14-19-43(2)54(76-9)40-50-24-22-48(7)64(75,83-50)61(72)62(73)67-26-16-15-20-51(67)63(74)82-55(41-52(68)44(3)37-47(6)59(71)60(78-11)58(70)46(5)36-42)45(4)38-49-23-25-53(56(39-49)77-10)81-57(69)21-17-32-79-34-35-80-33-31-66-29-27-65(8)28-30-66/h12-14,18-19,37,42,44-46,48-56,59-60,68,71,75H,15-17,20-36,38-41H2,1-11H3/b14-12+,18-13+,43-19+,47-37+/t42-,44-,45-,46-,48-,49+,50+,51+,52-,53-,54+,55+,56-,59-,60+,64-/m1/s1. The highest BCUT2D eigenvalue weighted by atomic mass is 16.6. The van der Waals surface area contributed by atoms with E-state index in [0.717, 1.165) is 38.3 Å². The Kier molecular flexibility index (Phi) is 29.7. The van der Waals surface area contributed by atoms with Crippen molar-refractivity contribution < 1.29 is 77.2 Å². The molecule has 0 aromatic heterocycles. The molecule has 0 spiro atoms. The molecule has 0 aromatic rings. The first-order chi connectivity index (χ1) is 39.6. The molecule has 19 nitrogen and oxygen atoms in total. The molecule has 3 N–H and O–H groups in total. The van der Waals surface area contributed by atoms with E-state index in [0.29, 0.717) is 103 Å². The molecule has 0 unspecified atom stereocenters. The van der Waals surface area contributed by atoms with E-state index in [1.807, 2.05) is 58.1 Å². The lowest BCUT2D eigenvalue weighted by Crippen LogP contribution is -2.61. The monoisotopic (exact) mass is 1170 g/mol. The molecule has 2 bridgehead atoms. The fraction of sp³-hybridized carbons (Fsp3) is 0.797. The zero-order chi connectivity index (χ0) is 60.8. The largest absolute Gasteiger partial charge is 0.460 e. The van der Waals surface area contributed by atoms with Gasteiger partial charge in [-0.05, 0) is 120 Å². The Bertz CT molecular complexity index is 2160. The van der Waals surface area contributed by atoms with Gasteiger partial charge in [-0.15, -0.1) is 0 Å². The van der Waals surface area contributed by atoms with E-state index in [1.54, 1.807) is 41.1 Å². The van der Waals surface area contributed by atoms with Gasteiger partial charge in [0.1, 0.15) is 30.5 Å². The van der Waals surface area contributed by atoms with E-state index >= 15 is 0 Å². The second-order valence-electron chi connectivity index (χ2n) is 24.7. The lowest BCUT2D eigenvalue weighted by Gasteiger charge is -2.43. The average molecular weight is 1170 g/mol. The molecule has 1 aliphatic carbocycles. The van der Waals surface area contributed by atoms with Crippen LogP contribution in [-0.2, 0) is 61.9 Å². The van der Waals surface area contributed by atoms with Crippen LogP contribution in [-0.4, -0.2) is 214 Å². The Morgan fingerprint density at radius 1 is 0.783 bits per heavy atom. The summed E-state index contributed by atoms with van der Waals surface area (Å²) in [4.78, 5) is 76.4. The number of hydrogen-bond donors (Lipinski definition) is 3. The number of amides is 1. The first kappa shape index (κ1) is 70.0. The molecule has 16 atom stereocenters. The zero-order valence-electron chi connectivity index (χ0n) is 52.1. The molecule has 83 heavy (non-hydrogen) atoms. The molecule has 4 aliphatic heterocycles. The number of ether oxygens (including phenoxy) is 8. The highest BCUT2D eigenvalue weighted by Crippen LogP contribution is 2.38. The minimum Gasteiger partial charge on any atom is -0.460 e. The molecule has 5 aliphatic rings. The number of cyclic esters (lactones) is 1. The van der Waals surface area contributed by atoms with Crippen LogP contribution in [0.2, 0.25) is 0 Å². The van der Waals surface area contributed by atoms with Crippen molar-refractivity contribution in [1.29, 1.82) is 0 Å². The quantitative estimate of drug-likeness (QED) is 0.0604. The number of carbonyl (C=O) groups excluding carboxylic acids is 5. The summed E-state index contributed by atoms with van der Waals surface area (Å²) < 4.78 is 47.6. The number of fused-ring (bicyclic) bond motifs is 3. The maximum Gasteiger partial charge on any atom is 0.329 e. The van der Waals surface area contributed by atoms with Gasteiger partial charge in [0, 0.05) is 104 Å².